The summed E-state index contributed by atoms with van der Waals surface area (Å²) in [5.41, 5.74) is 1.92. The van der Waals surface area contributed by atoms with Crippen LogP contribution in [0.15, 0.2) is 29.3 Å². The van der Waals surface area contributed by atoms with Crippen LogP contribution >= 0.6 is 11.8 Å². The van der Waals surface area contributed by atoms with Crippen LogP contribution in [0.2, 0.25) is 0 Å². The lowest BCUT2D eigenvalue weighted by atomic mass is 10.2. The van der Waals surface area contributed by atoms with E-state index < -0.39 is 10.0 Å². The number of para-hydroxylation sites is 1. The summed E-state index contributed by atoms with van der Waals surface area (Å²) in [5.74, 6) is 1.86. The highest BCUT2D eigenvalue weighted by atomic mass is 32.2. The van der Waals surface area contributed by atoms with E-state index in [0.717, 1.165) is 42.8 Å². The molecule has 6 nitrogen and oxygen atoms in total. The molecule has 1 aliphatic heterocycles. The van der Waals surface area contributed by atoms with Gasteiger partial charge in [-0.2, -0.15) is 11.8 Å². The van der Waals surface area contributed by atoms with E-state index in [-0.39, 0.29) is 5.75 Å². The lowest BCUT2D eigenvalue weighted by Gasteiger charge is -2.20. The summed E-state index contributed by atoms with van der Waals surface area (Å²) >= 11 is 1.85. The number of thioether (sulfide) groups is 1. The van der Waals surface area contributed by atoms with Crippen LogP contribution in [-0.4, -0.2) is 58.8 Å². The number of benzene rings is 1. The second kappa shape index (κ2) is 9.91. The fourth-order valence-corrected chi connectivity index (χ4v) is 4.72. The second-order valence-electron chi connectivity index (χ2n) is 5.89. The zero-order chi connectivity index (χ0) is 18.1. The first-order valence-corrected chi connectivity index (χ1v) is 11.6. The predicted molar refractivity (Wildman–Crippen MR) is 108 cm³/mol. The standard InChI is InChI=1S/C17H28N4O2S2/c1-18-17(19-10-5-6-13-24-2)20-11-14-25(22,23)21-12-9-15-7-3-4-8-16(15)21/h3-4,7-8H,5-6,9-14H2,1-2H3,(H2,18,19,20). The second-order valence-corrected chi connectivity index (χ2v) is 8.89. The fraction of sp³-hybridized carbons (Fsp3) is 0.588. The van der Waals surface area contributed by atoms with E-state index in [1.165, 1.54) is 4.31 Å². The van der Waals surface area contributed by atoms with Crippen LogP contribution in [0.3, 0.4) is 0 Å². The van der Waals surface area contributed by atoms with Crippen LogP contribution in [0.5, 0.6) is 0 Å². The lowest BCUT2D eigenvalue weighted by molar-refractivity contribution is 0.590. The molecule has 1 aromatic carbocycles. The molecule has 1 heterocycles. The minimum Gasteiger partial charge on any atom is -0.356 e. The molecule has 0 radical (unpaired) electrons. The Morgan fingerprint density at radius 3 is 2.76 bits per heavy atom. The van der Waals surface area contributed by atoms with Crippen molar-refractivity contribution in [1.29, 1.82) is 0 Å². The molecule has 2 N–H and O–H groups in total. The van der Waals surface area contributed by atoms with Crippen molar-refractivity contribution in [2.45, 2.75) is 19.3 Å². The van der Waals surface area contributed by atoms with Crippen molar-refractivity contribution in [2.24, 2.45) is 4.99 Å². The van der Waals surface area contributed by atoms with Gasteiger partial charge in [0.2, 0.25) is 10.0 Å². The van der Waals surface area contributed by atoms with Gasteiger partial charge in [-0.15, -0.1) is 0 Å². The maximum absolute atomic E-state index is 12.6. The minimum absolute atomic E-state index is 0.0501. The highest BCUT2D eigenvalue weighted by Gasteiger charge is 2.28. The number of nitrogens with one attached hydrogen (secondary N) is 2. The molecule has 8 heteroatoms. The molecular formula is C17H28N4O2S2. The third-order valence-corrected chi connectivity index (χ3v) is 6.59. The number of unbranched alkanes of at least 4 members (excludes halogenated alkanes) is 1. The van der Waals surface area contributed by atoms with Gasteiger partial charge in [0.1, 0.15) is 0 Å². The maximum Gasteiger partial charge on any atom is 0.236 e. The summed E-state index contributed by atoms with van der Waals surface area (Å²) in [5, 5.41) is 6.31. The number of aliphatic imine (C=N–C) groups is 1. The normalized spacial score (nSPS) is 14.5. The van der Waals surface area contributed by atoms with E-state index in [0.29, 0.717) is 19.0 Å². The Kier molecular flexibility index (Phi) is 7.90. The van der Waals surface area contributed by atoms with Crippen molar-refractivity contribution in [3.8, 4) is 0 Å². The number of sulfonamides is 1. The molecule has 1 aliphatic rings. The van der Waals surface area contributed by atoms with Gasteiger partial charge in [-0.05, 0) is 42.9 Å². The number of nitrogens with zero attached hydrogens (tertiary/aromatic N) is 2. The van der Waals surface area contributed by atoms with E-state index in [9.17, 15) is 8.42 Å². The van der Waals surface area contributed by atoms with E-state index >= 15 is 0 Å². The smallest absolute Gasteiger partial charge is 0.236 e. The van der Waals surface area contributed by atoms with Crippen molar-refractivity contribution in [2.75, 3.05) is 48.7 Å². The molecule has 0 aromatic heterocycles. The summed E-state index contributed by atoms with van der Waals surface area (Å²) in [6.45, 7) is 1.71. The van der Waals surface area contributed by atoms with Crippen LogP contribution in [0.25, 0.3) is 0 Å². The van der Waals surface area contributed by atoms with Crippen molar-refractivity contribution in [3.05, 3.63) is 29.8 Å². The van der Waals surface area contributed by atoms with Crippen LogP contribution in [0.1, 0.15) is 18.4 Å². The Labute approximate surface area is 155 Å². The Hall–Kier alpha value is -1.41. The van der Waals surface area contributed by atoms with Gasteiger partial charge in [0, 0.05) is 26.7 Å². The summed E-state index contributed by atoms with van der Waals surface area (Å²) in [4.78, 5) is 4.14. The molecule has 0 spiro atoms. The highest BCUT2D eigenvalue weighted by Crippen LogP contribution is 2.29. The molecule has 0 fully saturated rings. The minimum atomic E-state index is -3.32. The molecule has 2 rings (SSSR count). The molecule has 0 bridgehead atoms. The third-order valence-electron chi connectivity index (χ3n) is 4.12. The van der Waals surface area contributed by atoms with E-state index in [1.54, 1.807) is 7.05 Å². The Morgan fingerprint density at radius 2 is 2.00 bits per heavy atom. The molecular weight excluding hydrogens is 356 g/mol. The largest absolute Gasteiger partial charge is 0.356 e. The summed E-state index contributed by atoms with van der Waals surface area (Å²) < 4.78 is 26.8. The molecule has 25 heavy (non-hydrogen) atoms. The van der Waals surface area contributed by atoms with Crippen molar-refractivity contribution < 1.29 is 8.42 Å². The van der Waals surface area contributed by atoms with Crippen molar-refractivity contribution >= 4 is 33.4 Å². The average Bonchev–Trinajstić information content (AvgIpc) is 3.05. The van der Waals surface area contributed by atoms with Crippen molar-refractivity contribution in [1.82, 2.24) is 10.6 Å². The highest BCUT2D eigenvalue weighted by molar-refractivity contribution is 7.98. The summed E-state index contributed by atoms with van der Waals surface area (Å²) in [6.07, 6.45) is 5.12. The molecule has 0 unspecified atom stereocenters. The molecule has 0 atom stereocenters. The average molecular weight is 385 g/mol. The Morgan fingerprint density at radius 1 is 1.24 bits per heavy atom. The monoisotopic (exact) mass is 384 g/mol. The number of fused-ring (bicyclic) bond motifs is 1. The Balaban J connectivity index is 1.78. The maximum atomic E-state index is 12.6. The number of rotatable bonds is 9. The van der Waals surface area contributed by atoms with Gasteiger partial charge < -0.3 is 10.6 Å². The SMILES string of the molecule is CN=C(NCCCCSC)NCCS(=O)(=O)N1CCc2ccccc21. The number of hydrogen-bond acceptors (Lipinski definition) is 4. The molecule has 0 saturated carbocycles. The number of anilines is 1. The first kappa shape index (κ1) is 19.9. The fourth-order valence-electron chi connectivity index (χ4n) is 2.80. The number of hydrogen-bond donors (Lipinski definition) is 2. The first-order chi connectivity index (χ1) is 12.1. The Bertz CT molecular complexity index is 677. The van der Waals surface area contributed by atoms with Gasteiger partial charge in [0.05, 0.1) is 11.4 Å². The number of guanidine groups is 1. The van der Waals surface area contributed by atoms with E-state index in [4.69, 9.17) is 0 Å². The molecule has 0 aliphatic carbocycles. The zero-order valence-electron chi connectivity index (χ0n) is 15.0. The van der Waals surface area contributed by atoms with Gasteiger partial charge in [0.15, 0.2) is 5.96 Å². The molecule has 1 aromatic rings. The first-order valence-electron chi connectivity index (χ1n) is 8.60. The molecule has 0 saturated heterocycles. The van der Waals surface area contributed by atoms with Gasteiger partial charge in [-0.1, -0.05) is 18.2 Å². The van der Waals surface area contributed by atoms with Crippen LogP contribution in [-0.2, 0) is 16.4 Å². The lowest BCUT2D eigenvalue weighted by Crippen LogP contribution is -2.42. The van der Waals surface area contributed by atoms with Gasteiger partial charge in [-0.3, -0.25) is 9.30 Å². The topological polar surface area (TPSA) is 73.8 Å². The van der Waals surface area contributed by atoms with Gasteiger partial charge in [0.25, 0.3) is 0 Å². The van der Waals surface area contributed by atoms with E-state index in [1.807, 2.05) is 36.0 Å². The summed E-state index contributed by atoms with van der Waals surface area (Å²) in [7, 11) is -1.63. The quantitative estimate of drug-likeness (QED) is 0.385. The molecule has 140 valence electrons. The van der Waals surface area contributed by atoms with E-state index in [2.05, 4.69) is 21.9 Å². The van der Waals surface area contributed by atoms with Gasteiger partial charge >= 0.3 is 0 Å². The van der Waals surface area contributed by atoms with Crippen LogP contribution < -0.4 is 14.9 Å². The van der Waals surface area contributed by atoms with Crippen LogP contribution in [0.4, 0.5) is 5.69 Å². The summed E-state index contributed by atoms with van der Waals surface area (Å²) in [6, 6.07) is 7.70. The van der Waals surface area contributed by atoms with Crippen LogP contribution in [0, 0.1) is 0 Å². The van der Waals surface area contributed by atoms with Crippen molar-refractivity contribution in [3.63, 3.8) is 0 Å². The predicted octanol–water partition coefficient (Wildman–Crippen LogP) is 1.69. The molecule has 0 amide bonds. The van der Waals surface area contributed by atoms with Gasteiger partial charge in [-0.25, -0.2) is 8.42 Å². The zero-order valence-corrected chi connectivity index (χ0v) is 16.6. The third kappa shape index (κ3) is 5.81.